The van der Waals surface area contributed by atoms with Crippen LogP contribution in [0, 0.1) is 0 Å². The summed E-state index contributed by atoms with van der Waals surface area (Å²) in [5.41, 5.74) is 1.03. The third-order valence-electron chi connectivity index (χ3n) is 3.44. The third kappa shape index (κ3) is 1.63. The number of esters is 1. The smallest absolute Gasteiger partial charge is 0.340 e. The normalized spacial score (nSPS) is 16.9. The number of fused-ring (bicyclic) bond motifs is 1. The number of amides is 1. The Bertz CT molecular complexity index is 523. The number of nitrogens with one attached hydrogen (secondary N) is 1. The number of methoxy groups -OCH3 is 1. The number of rotatable bonds is 1. The van der Waals surface area contributed by atoms with Crippen LogP contribution in [0.2, 0.25) is 0 Å². The van der Waals surface area contributed by atoms with Crippen molar-refractivity contribution in [2.24, 2.45) is 0 Å². The molecule has 0 saturated heterocycles. The Morgan fingerprint density at radius 1 is 1.39 bits per heavy atom. The Morgan fingerprint density at radius 3 is 2.67 bits per heavy atom. The van der Waals surface area contributed by atoms with Crippen LogP contribution in [0.15, 0.2) is 18.2 Å². The lowest BCUT2D eigenvalue weighted by Crippen LogP contribution is -2.54. The number of anilines is 2. The summed E-state index contributed by atoms with van der Waals surface area (Å²) in [6.07, 6.45) is 0. The molecule has 1 aromatic rings. The summed E-state index contributed by atoms with van der Waals surface area (Å²) in [6.45, 7) is 3.66. The van der Waals surface area contributed by atoms with Gasteiger partial charge in [0.15, 0.2) is 0 Å². The average Bonchev–Trinajstić information content (AvgIpc) is 2.35. The van der Waals surface area contributed by atoms with Crippen LogP contribution in [0.5, 0.6) is 0 Å². The summed E-state index contributed by atoms with van der Waals surface area (Å²) in [4.78, 5) is 25.6. The van der Waals surface area contributed by atoms with Crippen LogP contribution in [0.3, 0.4) is 0 Å². The first-order valence-corrected chi connectivity index (χ1v) is 5.66. The first-order chi connectivity index (χ1) is 8.39. The second-order valence-corrected chi connectivity index (χ2v) is 4.76. The van der Waals surface area contributed by atoms with Gasteiger partial charge < -0.3 is 15.0 Å². The van der Waals surface area contributed by atoms with Crippen LogP contribution in [-0.4, -0.2) is 31.6 Å². The van der Waals surface area contributed by atoms with E-state index in [9.17, 15) is 9.59 Å². The Kier molecular flexibility index (Phi) is 2.77. The highest BCUT2D eigenvalue weighted by Crippen LogP contribution is 2.37. The molecule has 96 valence electrons. The fourth-order valence-corrected chi connectivity index (χ4v) is 1.95. The van der Waals surface area contributed by atoms with Crippen LogP contribution >= 0.6 is 0 Å². The Labute approximate surface area is 106 Å². The number of hydrogen-bond acceptors (Lipinski definition) is 4. The van der Waals surface area contributed by atoms with Gasteiger partial charge >= 0.3 is 5.97 Å². The Morgan fingerprint density at radius 2 is 2.06 bits per heavy atom. The Balaban J connectivity index is 2.60. The van der Waals surface area contributed by atoms with E-state index in [0.29, 0.717) is 11.3 Å². The van der Waals surface area contributed by atoms with Gasteiger partial charge in [0.2, 0.25) is 5.91 Å². The molecule has 0 aliphatic carbocycles. The number of likely N-dealkylation sites (N-methyl/N-ethyl adjacent to an activating group) is 1. The molecule has 1 heterocycles. The molecule has 0 fully saturated rings. The van der Waals surface area contributed by atoms with Crippen molar-refractivity contribution in [3.8, 4) is 0 Å². The average molecular weight is 248 g/mol. The zero-order valence-electron chi connectivity index (χ0n) is 10.9. The van der Waals surface area contributed by atoms with Gasteiger partial charge in [-0.15, -0.1) is 0 Å². The van der Waals surface area contributed by atoms with Crippen molar-refractivity contribution < 1.29 is 14.3 Å². The maximum absolute atomic E-state index is 12.0. The van der Waals surface area contributed by atoms with Crippen LogP contribution in [-0.2, 0) is 9.53 Å². The van der Waals surface area contributed by atoms with Crippen LogP contribution in [0.25, 0.3) is 0 Å². The molecule has 0 saturated carbocycles. The molecule has 0 spiro atoms. The summed E-state index contributed by atoms with van der Waals surface area (Å²) in [6, 6.07) is 5.27. The van der Waals surface area contributed by atoms with E-state index in [2.05, 4.69) is 5.32 Å². The van der Waals surface area contributed by atoms with Gasteiger partial charge in [0.05, 0.1) is 24.0 Å². The van der Waals surface area contributed by atoms with Gasteiger partial charge in [-0.05, 0) is 26.0 Å². The zero-order valence-corrected chi connectivity index (χ0v) is 10.9. The maximum Gasteiger partial charge on any atom is 0.340 e. The molecular formula is C13H16N2O3. The van der Waals surface area contributed by atoms with Crippen molar-refractivity contribution in [3.63, 3.8) is 0 Å². The molecule has 0 unspecified atom stereocenters. The lowest BCUT2D eigenvalue weighted by molar-refractivity contribution is -0.120. The van der Waals surface area contributed by atoms with E-state index in [1.165, 1.54) is 7.11 Å². The summed E-state index contributed by atoms with van der Waals surface area (Å²) in [5, 5.41) is 2.78. The largest absolute Gasteiger partial charge is 0.465 e. The summed E-state index contributed by atoms with van der Waals surface area (Å²) < 4.78 is 4.72. The van der Waals surface area contributed by atoms with E-state index < -0.39 is 11.5 Å². The van der Waals surface area contributed by atoms with E-state index in [1.807, 2.05) is 31.9 Å². The predicted octanol–water partition coefficient (Wildman–Crippen LogP) is 1.64. The number of nitrogens with zero attached hydrogens (tertiary/aromatic N) is 1. The monoisotopic (exact) mass is 248 g/mol. The molecule has 18 heavy (non-hydrogen) atoms. The summed E-state index contributed by atoms with van der Waals surface area (Å²) in [7, 11) is 3.15. The van der Waals surface area contributed by atoms with Crippen molar-refractivity contribution >= 4 is 23.3 Å². The molecule has 1 N–H and O–H groups in total. The number of benzene rings is 1. The van der Waals surface area contributed by atoms with E-state index in [-0.39, 0.29) is 5.91 Å². The molecule has 5 nitrogen and oxygen atoms in total. The lowest BCUT2D eigenvalue weighted by atomic mass is 9.96. The van der Waals surface area contributed by atoms with Crippen molar-refractivity contribution in [1.29, 1.82) is 0 Å². The van der Waals surface area contributed by atoms with Crippen LogP contribution in [0.1, 0.15) is 24.2 Å². The van der Waals surface area contributed by atoms with E-state index >= 15 is 0 Å². The quantitative estimate of drug-likeness (QED) is 0.768. The van der Waals surface area contributed by atoms with Crippen molar-refractivity contribution in [1.82, 2.24) is 0 Å². The molecule has 0 atom stereocenters. The molecule has 1 aliphatic heterocycles. The van der Waals surface area contributed by atoms with E-state index in [0.717, 1.165) is 5.69 Å². The van der Waals surface area contributed by atoms with Crippen molar-refractivity contribution in [3.05, 3.63) is 23.8 Å². The number of para-hydroxylation sites is 1. The minimum Gasteiger partial charge on any atom is -0.465 e. The van der Waals surface area contributed by atoms with Gasteiger partial charge in [-0.1, -0.05) is 6.07 Å². The van der Waals surface area contributed by atoms with Crippen molar-refractivity contribution in [2.75, 3.05) is 24.4 Å². The molecule has 1 aliphatic rings. The highest BCUT2D eigenvalue weighted by molar-refractivity contribution is 6.11. The highest BCUT2D eigenvalue weighted by atomic mass is 16.5. The number of ether oxygens (including phenoxy) is 1. The van der Waals surface area contributed by atoms with Gasteiger partial charge in [0, 0.05) is 7.05 Å². The van der Waals surface area contributed by atoms with E-state index in [1.54, 1.807) is 12.1 Å². The van der Waals surface area contributed by atoms with Crippen molar-refractivity contribution in [2.45, 2.75) is 19.4 Å². The fraction of sp³-hybridized carbons (Fsp3) is 0.385. The first-order valence-electron chi connectivity index (χ1n) is 5.66. The van der Waals surface area contributed by atoms with Gasteiger partial charge in [-0.2, -0.15) is 0 Å². The molecule has 1 amide bonds. The van der Waals surface area contributed by atoms with Gasteiger partial charge in [0.1, 0.15) is 5.54 Å². The number of carbonyl (C=O) groups is 2. The number of carbonyl (C=O) groups excluding carboxylic acids is 2. The molecule has 5 heteroatoms. The summed E-state index contributed by atoms with van der Waals surface area (Å²) in [5.74, 6) is -0.603. The standard InChI is InChI=1S/C13H16N2O3/c1-13(2)12(17)14-10-8(11(16)18-4)6-5-7-9(10)15(13)3/h5-7H,1-4H3,(H,14,17). The van der Waals surface area contributed by atoms with E-state index in [4.69, 9.17) is 4.74 Å². The minimum atomic E-state index is -0.651. The topological polar surface area (TPSA) is 58.6 Å². The summed E-state index contributed by atoms with van der Waals surface area (Å²) >= 11 is 0. The minimum absolute atomic E-state index is 0.145. The molecule has 0 radical (unpaired) electrons. The molecular weight excluding hydrogens is 232 g/mol. The predicted molar refractivity (Wildman–Crippen MR) is 68.9 cm³/mol. The third-order valence-corrected chi connectivity index (χ3v) is 3.44. The second-order valence-electron chi connectivity index (χ2n) is 4.76. The van der Waals surface area contributed by atoms with Crippen LogP contribution < -0.4 is 10.2 Å². The zero-order chi connectivity index (χ0) is 13.5. The molecule has 1 aromatic carbocycles. The molecule has 2 rings (SSSR count). The maximum atomic E-state index is 12.0. The first kappa shape index (κ1) is 12.4. The number of hydrogen-bond donors (Lipinski definition) is 1. The molecule has 0 aromatic heterocycles. The van der Waals surface area contributed by atoms with Crippen LogP contribution in [0.4, 0.5) is 11.4 Å². The SMILES string of the molecule is COC(=O)c1cccc2c1NC(=O)C(C)(C)N2C. The Hall–Kier alpha value is -2.04. The lowest BCUT2D eigenvalue weighted by Gasteiger charge is -2.41. The van der Waals surface area contributed by atoms with Gasteiger partial charge in [-0.25, -0.2) is 4.79 Å². The molecule has 0 bridgehead atoms. The second kappa shape index (κ2) is 4.01. The van der Waals surface area contributed by atoms with Gasteiger partial charge in [-0.3, -0.25) is 4.79 Å². The fourth-order valence-electron chi connectivity index (χ4n) is 1.95. The highest BCUT2D eigenvalue weighted by Gasteiger charge is 2.39. The van der Waals surface area contributed by atoms with Gasteiger partial charge in [0.25, 0.3) is 0 Å².